The summed E-state index contributed by atoms with van der Waals surface area (Å²) < 4.78 is 33.4. The molecule has 0 aliphatic rings. The van der Waals surface area contributed by atoms with Crippen molar-refractivity contribution in [3.8, 4) is 5.75 Å². The van der Waals surface area contributed by atoms with Gasteiger partial charge in [0.1, 0.15) is 11.8 Å². The lowest BCUT2D eigenvalue weighted by Gasteiger charge is -2.07. The molecule has 22 heavy (non-hydrogen) atoms. The van der Waals surface area contributed by atoms with E-state index < -0.39 is 22.4 Å². The summed E-state index contributed by atoms with van der Waals surface area (Å²) in [5.74, 6) is -1.19. The molecule has 0 bridgehead atoms. The molecule has 0 spiro atoms. The lowest BCUT2D eigenvalue weighted by Crippen LogP contribution is -2.32. The molecule has 0 radical (unpaired) electrons. The Morgan fingerprint density at radius 3 is 2.18 bits per heavy atom. The van der Waals surface area contributed by atoms with Gasteiger partial charge in [-0.25, -0.2) is 0 Å². The van der Waals surface area contributed by atoms with Crippen LogP contribution in [0.3, 0.4) is 0 Å². The molecule has 1 atom stereocenters. The van der Waals surface area contributed by atoms with E-state index in [9.17, 15) is 13.2 Å². The van der Waals surface area contributed by atoms with E-state index in [-0.39, 0.29) is 12.2 Å². The van der Waals surface area contributed by atoms with E-state index in [1.165, 1.54) is 37.1 Å². The molecule has 1 aromatic carbocycles. The van der Waals surface area contributed by atoms with Crippen molar-refractivity contribution in [1.82, 2.24) is 0 Å². The van der Waals surface area contributed by atoms with Gasteiger partial charge in [0, 0.05) is 0 Å². The highest BCUT2D eigenvalue weighted by molar-refractivity contribution is 7.81. The van der Waals surface area contributed by atoms with Crippen molar-refractivity contribution < 1.29 is 27.1 Å². The number of rotatable bonds is 7. The molecule has 6 N–H and O–H groups in total. The van der Waals surface area contributed by atoms with E-state index in [0.717, 1.165) is 6.54 Å². The largest absolute Gasteiger partial charge is 0.480 e. The first kappa shape index (κ1) is 20.3. The van der Waals surface area contributed by atoms with Gasteiger partial charge < -0.3 is 20.8 Å². The number of carboxylic acid groups (broad SMARTS) is 1. The summed E-state index contributed by atoms with van der Waals surface area (Å²) >= 11 is 0. The number of hydrogen-bond donors (Lipinski definition) is 4. The first-order chi connectivity index (χ1) is 10.2. The lowest BCUT2D eigenvalue weighted by atomic mass is 10.1. The second kappa shape index (κ2) is 10.1. The van der Waals surface area contributed by atoms with Crippen LogP contribution in [0, 0.1) is 0 Å². The van der Waals surface area contributed by atoms with Gasteiger partial charge in [-0.15, -0.1) is 0 Å². The van der Waals surface area contributed by atoms with Crippen molar-refractivity contribution >= 4 is 16.4 Å². The number of benzene rings is 1. The van der Waals surface area contributed by atoms with E-state index in [4.69, 9.17) is 21.1 Å². The number of unbranched alkanes of at least 4 members (excludes halogenated alkanes) is 1. The molecular weight excluding hydrogens is 312 g/mol. The topological polar surface area (TPSA) is 153 Å². The predicted molar refractivity (Wildman–Crippen MR) is 81.9 cm³/mol. The maximum Gasteiger partial charge on any atom is 0.446 e. The second-order valence-electron chi connectivity index (χ2n) is 4.45. The van der Waals surface area contributed by atoms with Crippen LogP contribution in [0.1, 0.15) is 25.3 Å². The summed E-state index contributed by atoms with van der Waals surface area (Å²) in [5, 5.41) is 8.59. The number of hydrogen-bond acceptors (Lipinski definition) is 6. The van der Waals surface area contributed by atoms with Crippen LogP contribution in [0.15, 0.2) is 24.3 Å². The van der Waals surface area contributed by atoms with E-state index in [1.54, 1.807) is 0 Å². The molecule has 0 aromatic heterocycles. The first-order valence-corrected chi connectivity index (χ1v) is 8.00. The van der Waals surface area contributed by atoms with E-state index in [1.807, 2.05) is 0 Å². The van der Waals surface area contributed by atoms with E-state index >= 15 is 0 Å². The third-order valence-electron chi connectivity index (χ3n) is 2.46. The number of aliphatic carboxylic acids is 1. The molecule has 0 aliphatic carbocycles. The van der Waals surface area contributed by atoms with Crippen molar-refractivity contribution in [3.05, 3.63) is 29.8 Å². The number of carboxylic acids is 1. The van der Waals surface area contributed by atoms with Gasteiger partial charge in [0.05, 0.1) is 0 Å². The van der Waals surface area contributed by atoms with Crippen molar-refractivity contribution in [2.45, 2.75) is 32.2 Å². The van der Waals surface area contributed by atoms with Crippen LogP contribution in [-0.4, -0.2) is 36.6 Å². The summed E-state index contributed by atoms with van der Waals surface area (Å²) in [6, 6.07) is 4.48. The average Bonchev–Trinajstić information content (AvgIpc) is 2.41. The summed E-state index contributed by atoms with van der Waals surface area (Å²) in [4.78, 5) is 10.5. The van der Waals surface area contributed by atoms with Crippen molar-refractivity contribution in [2.75, 3.05) is 6.54 Å². The predicted octanol–water partition coefficient (Wildman–Crippen LogP) is 0.568. The first-order valence-electron chi connectivity index (χ1n) is 6.63. The average molecular weight is 334 g/mol. The third-order valence-corrected chi connectivity index (χ3v) is 2.86. The maximum atomic E-state index is 10.5. The van der Waals surface area contributed by atoms with Crippen LogP contribution in [0.25, 0.3) is 0 Å². The zero-order valence-electron chi connectivity index (χ0n) is 12.3. The standard InChI is InChI=1S/C9H11NO6S.C4H11N/c10-8(9(11)12)5-6-1-3-7(4-2-6)16-17(13,14)15;1-2-3-4-5/h1-4,8H,5,10H2,(H,11,12)(H,13,14,15);2-5H2,1H3. The lowest BCUT2D eigenvalue weighted by molar-refractivity contribution is -0.138. The molecular formula is C13H22N2O6S. The molecule has 0 fully saturated rings. The van der Waals surface area contributed by atoms with E-state index in [2.05, 4.69) is 11.1 Å². The quantitative estimate of drug-likeness (QED) is 0.528. The molecule has 1 aromatic rings. The minimum absolute atomic E-state index is 0.0693. The SMILES string of the molecule is CCCCN.NC(Cc1ccc(OS(=O)(=O)O)cc1)C(=O)O. The van der Waals surface area contributed by atoms with Gasteiger partial charge >= 0.3 is 16.4 Å². The minimum Gasteiger partial charge on any atom is -0.480 e. The highest BCUT2D eigenvalue weighted by Crippen LogP contribution is 2.14. The molecule has 1 rings (SSSR count). The van der Waals surface area contributed by atoms with E-state index in [0.29, 0.717) is 5.56 Å². The fourth-order valence-electron chi connectivity index (χ4n) is 1.35. The van der Waals surface area contributed by atoms with Crippen LogP contribution in [0.4, 0.5) is 0 Å². The van der Waals surface area contributed by atoms with Crippen LogP contribution >= 0.6 is 0 Å². The highest BCUT2D eigenvalue weighted by Gasteiger charge is 2.12. The molecule has 1 unspecified atom stereocenters. The number of carbonyl (C=O) groups is 1. The summed E-state index contributed by atoms with van der Waals surface area (Å²) in [5.41, 5.74) is 11.1. The van der Waals surface area contributed by atoms with Gasteiger partial charge in [0.15, 0.2) is 0 Å². The van der Waals surface area contributed by atoms with Gasteiger partial charge in [-0.1, -0.05) is 25.5 Å². The van der Waals surface area contributed by atoms with Gasteiger partial charge in [0.2, 0.25) is 0 Å². The van der Waals surface area contributed by atoms with Gasteiger partial charge in [0.25, 0.3) is 0 Å². The third kappa shape index (κ3) is 10.1. The Morgan fingerprint density at radius 2 is 1.86 bits per heavy atom. The molecule has 0 heterocycles. The molecule has 126 valence electrons. The van der Waals surface area contributed by atoms with Crippen molar-refractivity contribution in [2.24, 2.45) is 11.5 Å². The molecule has 9 heteroatoms. The molecule has 0 saturated carbocycles. The second-order valence-corrected chi connectivity index (χ2v) is 5.47. The smallest absolute Gasteiger partial charge is 0.446 e. The Hall–Kier alpha value is -1.68. The van der Waals surface area contributed by atoms with Crippen LogP contribution < -0.4 is 15.7 Å². The van der Waals surface area contributed by atoms with Crippen molar-refractivity contribution in [3.63, 3.8) is 0 Å². The van der Waals surface area contributed by atoms with Crippen LogP contribution in [-0.2, 0) is 21.6 Å². The maximum absolute atomic E-state index is 10.5. The Bertz CT molecular complexity index is 542. The fourth-order valence-corrected chi connectivity index (χ4v) is 1.70. The molecule has 0 saturated heterocycles. The summed E-state index contributed by atoms with van der Waals surface area (Å²) in [7, 11) is -4.55. The van der Waals surface area contributed by atoms with Gasteiger partial charge in [-0.2, -0.15) is 8.42 Å². The molecule has 8 nitrogen and oxygen atoms in total. The Kier molecular flexibility index (Phi) is 9.34. The Morgan fingerprint density at radius 1 is 1.32 bits per heavy atom. The monoisotopic (exact) mass is 334 g/mol. The Balaban J connectivity index is 0.000000763. The molecule has 0 aliphatic heterocycles. The summed E-state index contributed by atoms with van der Waals surface area (Å²) in [6.45, 7) is 2.98. The normalized spacial score (nSPS) is 12.0. The fraction of sp³-hybridized carbons (Fsp3) is 0.462. The van der Waals surface area contributed by atoms with Gasteiger partial charge in [-0.3, -0.25) is 9.35 Å². The molecule has 0 amide bonds. The van der Waals surface area contributed by atoms with Crippen molar-refractivity contribution in [1.29, 1.82) is 0 Å². The zero-order valence-corrected chi connectivity index (χ0v) is 13.1. The highest BCUT2D eigenvalue weighted by atomic mass is 32.3. The minimum atomic E-state index is -4.55. The Labute approximate surface area is 130 Å². The zero-order chi connectivity index (χ0) is 17.2. The van der Waals surface area contributed by atoms with Gasteiger partial charge in [-0.05, 0) is 37.1 Å². The van der Waals surface area contributed by atoms with Crippen LogP contribution in [0.5, 0.6) is 5.75 Å². The van der Waals surface area contributed by atoms with Crippen LogP contribution in [0.2, 0.25) is 0 Å². The summed E-state index contributed by atoms with van der Waals surface area (Å²) in [6.07, 6.45) is 2.50. The number of nitrogens with two attached hydrogens (primary N) is 2.